The average molecular weight is 447 g/mol. The van der Waals surface area contributed by atoms with E-state index in [4.69, 9.17) is 10.5 Å². The minimum absolute atomic E-state index is 0.0248. The Morgan fingerprint density at radius 2 is 1.90 bits per heavy atom. The van der Waals surface area contributed by atoms with E-state index in [0.717, 1.165) is 55.7 Å². The third kappa shape index (κ3) is 6.48. The Morgan fingerprint density at radius 1 is 1.19 bits per heavy atom. The Kier molecular flexibility index (Phi) is 8.03. The highest BCUT2D eigenvalue weighted by Gasteiger charge is 2.34. The number of amides is 1. The Morgan fingerprint density at radius 3 is 2.55 bits per heavy atom. The highest BCUT2D eigenvalue weighted by Crippen LogP contribution is 2.36. The summed E-state index contributed by atoms with van der Waals surface area (Å²) < 4.78 is 21.4. The number of aryl methyl sites for hydroxylation is 1. The second-order valence-corrected chi connectivity index (χ2v) is 11.5. The molecular formula is C24H38N4O2S. The molecule has 2 aliphatic rings. The maximum absolute atomic E-state index is 13.0. The number of allylic oxidation sites excluding steroid dienone is 1. The smallest absolute Gasteiger partial charge is 0.266 e. The van der Waals surface area contributed by atoms with Gasteiger partial charge in [0.25, 0.3) is 5.91 Å². The normalized spacial score (nSPS) is 23.7. The zero-order valence-corrected chi connectivity index (χ0v) is 19.7. The standard InChI is InChI=1S/C24H38N4O2S/c1-17-8-10-19(11-9-17)28-23-15-14-21(31(26,30)20-12-13-20)16-18(23)6-4-3-5-7-22(25)24(29)27-2/h7,14-17,19-20,26,28H,3-6,8-13,25H2,1-2H3,(H,27,29)/b22-7-/t17-,19-,31?. The van der Waals surface area contributed by atoms with Crippen molar-refractivity contribution in [1.82, 2.24) is 5.32 Å². The Balaban J connectivity index is 1.67. The summed E-state index contributed by atoms with van der Waals surface area (Å²) in [4.78, 5) is 12.2. The van der Waals surface area contributed by atoms with Crippen LogP contribution in [0.5, 0.6) is 0 Å². The molecule has 1 aromatic carbocycles. The lowest BCUT2D eigenvalue weighted by molar-refractivity contribution is -0.117. The lowest BCUT2D eigenvalue weighted by Gasteiger charge is -2.29. The number of likely N-dealkylation sites (N-methyl/N-ethyl adjacent to an activating group) is 1. The van der Waals surface area contributed by atoms with Crippen LogP contribution in [0.25, 0.3) is 0 Å². The van der Waals surface area contributed by atoms with Crippen LogP contribution in [-0.4, -0.2) is 28.5 Å². The van der Waals surface area contributed by atoms with Crippen molar-refractivity contribution in [3.63, 3.8) is 0 Å². The predicted molar refractivity (Wildman–Crippen MR) is 128 cm³/mol. The summed E-state index contributed by atoms with van der Waals surface area (Å²) >= 11 is 0. The van der Waals surface area contributed by atoms with Gasteiger partial charge >= 0.3 is 0 Å². The number of unbranched alkanes of at least 4 members (excludes halogenated alkanes) is 2. The van der Waals surface area contributed by atoms with E-state index in [9.17, 15) is 9.00 Å². The molecule has 2 saturated carbocycles. The molecule has 31 heavy (non-hydrogen) atoms. The number of rotatable bonds is 10. The average Bonchev–Trinajstić information content (AvgIpc) is 3.61. The minimum atomic E-state index is -2.70. The van der Waals surface area contributed by atoms with Crippen molar-refractivity contribution in [2.24, 2.45) is 11.7 Å². The van der Waals surface area contributed by atoms with Gasteiger partial charge in [-0.2, -0.15) is 0 Å². The molecule has 0 aliphatic heterocycles. The Labute approximate surface area is 187 Å². The molecule has 2 fully saturated rings. The van der Waals surface area contributed by atoms with Gasteiger partial charge in [-0.15, -0.1) is 0 Å². The van der Waals surface area contributed by atoms with E-state index in [1.165, 1.54) is 25.7 Å². The van der Waals surface area contributed by atoms with Gasteiger partial charge in [0.2, 0.25) is 0 Å². The van der Waals surface area contributed by atoms with Gasteiger partial charge in [0, 0.05) is 28.9 Å². The van der Waals surface area contributed by atoms with Gasteiger partial charge < -0.3 is 16.4 Å². The summed E-state index contributed by atoms with van der Waals surface area (Å²) in [5, 5.41) is 6.29. The molecule has 0 spiro atoms. The number of anilines is 1. The topological polar surface area (TPSA) is 108 Å². The third-order valence-electron chi connectivity index (χ3n) is 6.55. The van der Waals surface area contributed by atoms with Crippen LogP contribution < -0.4 is 16.4 Å². The number of nitrogens with two attached hydrogens (primary N) is 1. The van der Waals surface area contributed by atoms with Gasteiger partial charge in [0.05, 0.1) is 15.4 Å². The molecule has 0 aromatic heterocycles. The van der Waals surface area contributed by atoms with Crippen LogP contribution in [0.3, 0.4) is 0 Å². The molecule has 3 rings (SSSR count). The van der Waals surface area contributed by atoms with Crippen LogP contribution >= 0.6 is 0 Å². The molecule has 0 heterocycles. The molecule has 0 radical (unpaired) electrons. The van der Waals surface area contributed by atoms with Gasteiger partial charge in [-0.3, -0.25) is 4.79 Å². The summed E-state index contributed by atoms with van der Waals surface area (Å²) in [6.45, 7) is 2.32. The Bertz CT molecular complexity index is 898. The van der Waals surface area contributed by atoms with E-state index in [-0.39, 0.29) is 16.9 Å². The van der Waals surface area contributed by atoms with E-state index in [1.54, 1.807) is 13.1 Å². The fraction of sp³-hybridized carbons (Fsp3) is 0.625. The maximum Gasteiger partial charge on any atom is 0.266 e. The second-order valence-electron chi connectivity index (χ2n) is 9.20. The van der Waals surface area contributed by atoms with E-state index >= 15 is 0 Å². The van der Waals surface area contributed by atoms with Gasteiger partial charge in [0.1, 0.15) is 0 Å². The van der Waals surface area contributed by atoms with Crippen LogP contribution in [0.2, 0.25) is 0 Å². The van der Waals surface area contributed by atoms with Crippen LogP contribution in [0.4, 0.5) is 5.69 Å². The van der Waals surface area contributed by atoms with E-state index < -0.39 is 9.73 Å². The van der Waals surface area contributed by atoms with Crippen LogP contribution in [0.15, 0.2) is 34.9 Å². The molecule has 6 nitrogen and oxygen atoms in total. The van der Waals surface area contributed by atoms with Crippen molar-refractivity contribution in [3.8, 4) is 0 Å². The zero-order valence-electron chi connectivity index (χ0n) is 18.9. The largest absolute Gasteiger partial charge is 0.395 e. The SMILES string of the molecule is CNC(=O)/C(N)=C/CCCCc1cc(S(=N)(=O)C2CC2)ccc1N[C@H]1CC[C@H](C)CC1. The third-order valence-corrected chi connectivity index (χ3v) is 8.91. The number of hydrogen-bond acceptors (Lipinski definition) is 5. The van der Waals surface area contributed by atoms with Gasteiger partial charge in [-0.25, -0.2) is 8.99 Å². The monoisotopic (exact) mass is 446 g/mol. The molecule has 1 atom stereocenters. The van der Waals surface area contributed by atoms with Crippen molar-refractivity contribution in [2.75, 3.05) is 12.4 Å². The first-order chi connectivity index (χ1) is 14.8. The van der Waals surface area contributed by atoms with E-state index in [0.29, 0.717) is 10.9 Å². The Hall–Kier alpha value is -2.02. The minimum Gasteiger partial charge on any atom is -0.395 e. The van der Waals surface area contributed by atoms with Crippen molar-refractivity contribution < 1.29 is 9.00 Å². The van der Waals surface area contributed by atoms with Crippen LogP contribution in [0, 0.1) is 10.7 Å². The summed E-state index contributed by atoms with van der Waals surface area (Å²) in [5.74, 6) is 0.563. The van der Waals surface area contributed by atoms with Crippen LogP contribution in [0.1, 0.15) is 70.3 Å². The number of carbonyl (C=O) groups excluding carboxylic acids is 1. The highest BCUT2D eigenvalue weighted by molar-refractivity contribution is 7.93. The summed E-state index contributed by atoms with van der Waals surface area (Å²) in [5.41, 5.74) is 8.28. The zero-order chi connectivity index (χ0) is 22.4. The first kappa shape index (κ1) is 23.6. The number of hydrogen-bond donors (Lipinski definition) is 4. The lowest BCUT2D eigenvalue weighted by Crippen LogP contribution is -2.25. The van der Waals surface area contributed by atoms with Gasteiger partial charge in [0.15, 0.2) is 0 Å². The maximum atomic E-state index is 13.0. The summed E-state index contributed by atoms with van der Waals surface area (Å²) in [7, 11) is -1.13. The molecule has 2 aliphatic carbocycles. The lowest BCUT2D eigenvalue weighted by atomic mass is 9.87. The molecule has 5 N–H and O–H groups in total. The molecule has 0 saturated heterocycles. The molecule has 0 bridgehead atoms. The number of carbonyl (C=O) groups is 1. The van der Waals surface area contributed by atoms with Gasteiger partial charge in [-0.1, -0.05) is 13.0 Å². The van der Waals surface area contributed by atoms with Crippen molar-refractivity contribution >= 4 is 21.3 Å². The molecule has 172 valence electrons. The van der Waals surface area contributed by atoms with Crippen molar-refractivity contribution in [2.45, 2.75) is 87.3 Å². The first-order valence-electron chi connectivity index (χ1n) is 11.7. The molecule has 1 unspecified atom stereocenters. The van der Waals surface area contributed by atoms with Crippen molar-refractivity contribution in [3.05, 3.63) is 35.5 Å². The number of nitrogens with one attached hydrogen (secondary N) is 3. The van der Waals surface area contributed by atoms with Crippen molar-refractivity contribution in [1.29, 1.82) is 4.78 Å². The predicted octanol–water partition coefficient (Wildman–Crippen LogP) is 4.55. The molecule has 7 heteroatoms. The quantitative estimate of drug-likeness (QED) is 0.312. The molecule has 1 amide bonds. The first-order valence-corrected chi connectivity index (χ1v) is 13.3. The number of benzene rings is 1. The second kappa shape index (κ2) is 10.5. The summed E-state index contributed by atoms with van der Waals surface area (Å²) in [6, 6.07) is 6.44. The highest BCUT2D eigenvalue weighted by atomic mass is 32.2. The van der Waals surface area contributed by atoms with E-state index in [1.807, 2.05) is 18.2 Å². The van der Waals surface area contributed by atoms with Crippen LogP contribution in [-0.2, 0) is 20.9 Å². The molecular weight excluding hydrogens is 408 g/mol. The summed E-state index contributed by atoms with van der Waals surface area (Å²) in [6.07, 6.45) is 11.9. The fourth-order valence-electron chi connectivity index (χ4n) is 4.28. The van der Waals surface area contributed by atoms with Gasteiger partial charge in [-0.05, 0) is 93.9 Å². The molecule has 1 aromatic rings. The fourth-order valence-corrected chi connectivity index (χ4v) is 6.05. The van der Waals surface area contributed by atoms with E-state index in [2.05, 4.69) is 17.6 Å².